The second-order valence-electron chi connectivity index (χ2n) is 5.58. The quantitative estimate of drug-likeness (QED) is 0.556. The van der Waals surface area contributed by atoms with Crippen molar-refractivity contribution in [3.63, 3.8) is 0 Å². The van der Waals surface area contributed by atoms with Gasteiger partial charge in [0.15, 0.2) is 0 Å². The molecule has 0 atom stereocenters. The summed E-state index contributed by atoms with van der Waals surface area (Å²) in [5, 5.41) is 0.602. The molecule has 0 saturated carbocycles. The van der Waals surface area contributed by atoms with Gasteiger partial charge in [-0.05, 0) is 36.8 Å². The standard InChI is InChI=1S/C19H16N2O5/c1-11-8-13(25-2)9-16-14(11)10-15(19(24)26-16)18(23)21-20-17(22)12-6-4-3-5-7-12/h3-10H,1-2H3,(H,20,22)(H,21,23). The number of methoxy groups -OCH3 is 1. The second kappa shape index (κ2) is 7.10. The third-order valence-corrected chi connectivity index (χ3v) is 3.84. The summed E-state index contributed by atoms with van der Waals surface area (Å²) in [5.74, 6) is -0.712. The highest BCUT2D eigenvalue weighted by atomic mass is 16.5. The van der Waals surface area contributed by atoms with E-state index in [1.807, 2.05) is 6.92 Å². The zero-order chi connectivity index (χ0) is 18.7. The lowest BCUT2D eigenvalue weighted by molar-refractivity contribution is 0.0844. The first-order valence-corrected chi connectivity index (χ1v) is 7.78. The predicted molar refractivity (Wildman–Crippen MR) is 95.1 cm³/mol. The molecular formula is C19H16N2O5. The maximum Gasteiger partial charge on any atom is 0.349 e. The molecule has 0 unspecified atom stereocenters. The molecule has 132 valence electrons. The molecule has 0 saturated heterocycles. The zero-order valence-electron chi connectivity index (χ0n) is 14.2. The van der Waals surface area contributed by atoms with Crippen LogP contribution in [0, 0.1) is 6.92 Å². The van der Waals surface area contributed by atoms with Gasteiger partial charge in [0.1, 0.15) is 16.9 Å². The van der Waals surface area contributed by atoms with Crippen LogP contribution in [0.25, 0.3) is 11.0 Å². The van der Waals surface area contributed by atoms with E-state index in [1.54, 1.807) is 42.5 Å². The molecule has 1 aromatic heterocycles. The molecule has 1 heterocycles. The summed E-state index contributed by atoms with van der Waals surface area (Å²) in [6, 6.07) is 13.1. The van der Waals surface area contributed by atoms with Crippen molar-refractivity contribution in [1.82, 2.24) is 10.9 Å². The highest BCUT2D eigenvalue weighted by Gasteiger charge is 2.16. The van der Waals surface area contributed by atoms with Crippen molar-refractivity contribution in [3.8, 4) is 5.75 Å². The first kappa shape index (κ1) is 17.2. The molecule has 0 aliphatic carbocycles. The maximum absolute atomic E-state index is 12.3. The van der Waals surface area contributed by atoms with Crippen molar-refractivity contribution in [3.05, 3.63) is 75.6 Å². The van der Waals surface area contributed by atoms with Crippen LogP contribution in [0.1, 0.15) is 26.3 Å². The average Bonchev–Trinajstić information content (AvgIpc) is 2.65. The fraction of sp³-hybridized carbons (Fsp3) is 0.105. The number of hydrogen-bond donors (Lipinski definition) is 2. The van der Waals surface area contributed by atoms with Crippen LogP contribution < -0.4 is 21.2 Å². The van der Waals surface area contributed by atoms with E-state index in [-0.39, 0.29) is 5.56 Å². The highest BCUT2D eigenvalue weighted by molar-refractivity contribution is 6.00. The third kappa shape index (κ3) is 3.41. The molecule has 0 aliphatic rings. The molecule has 26 heavy (non-hydrogen) atoms. The van der Waals surface area contributed by atoms with E-state index in [0.717, 1.165) is 5.56 Å². The minimum Gasteiger partial charge on any atom is -0.497 e. The van der Waals surface area contributed by atoms with Gasteiger partial charge in [0.05, 0.1) is 7.11 Å². The fourth-order valence-corrected chi connectivity index (χ4v) is 2.48. The van der Waals surface area contributed by atoms with Gasteiger partial charge in [0.2, 0.25) is 0 Å². The Morgan fingerprint density at radius 1 is 1.00 bits per heavy atom. The second-order valence-corrected chi connectivity index (χ2v) is 5.58. The van der Waals surface area contributed by atoms with Crippen LogP contribution in [0.3, 0.4) is 0 Å². The largest absolute Gasteiger partial charge is 0.497 e. The van der Waals surface area contributed by atoms with Crippen molar-refractivity contribution in [2.75, 3.05) is 7.11 Å². The molecule has 0 spiro atoms. The summed E-state index contributed by atoms with van der Waals surface area (Å²) in [7, 11) is 1.51. The van der Waals surface area contributed by atoms with Gasteiger partial charge in [-0.25, -0.2) is 4.79 Å². The summed E-state index contributed by atoms with van der Waals surface area (Å²) in [5.41, 5.74) is 4.95. The Bertz CT molecular complexity index is 1040. The van der Waals surface area contributed by atoms with E-state index < -0.39 is 17.4 Å². The molecule has 2 amide bonds. The lowest BCUT2D eigenvalue weighted by Crippen LogP contribution is -2.43. The van der Waals surface area contributed by atoms with Crippen LogP contribution in [-0.4, -0.2) is 18.9 Å². The van der Waals surface area contributed by atoms with Crippen LogP contribution in [-0.2, 0) is 0 Å². The van der Waals surface area contributed by atoms with Crippen LogP contribution in [0.15, 0.2) is 57.7 Å². The predicted octanol–water partition coefficient (Wildman–Crippen LogP) is 2.18. The van der Waals surface area contributed by atoms with Crippen LogP contribution in [0.4, 0.5) is 0 Å². The molecule has 3 rings (SSSR count). The topological polar surface area (TPSA) is 97.6 Å². The summed E-state index contributed by atoms with van der Waals surface area (Å²) in [6.45, 7) is 1.81. The van der Waals surface area contributed by atoms with E-state index >= 15 is 0 Å². The van der Waals surface area contributed by atoms with Crippen molar-refractivity contribution < 1.29 is 18.7 Å². The van der Waals surface area contributed by atoms with Gasteiger partial charge in [-0.15, -0.1) is 0 Å². The molecule has 7 heteroatoms. The van der Waals surface area contributed by atoms with Gasteiger partial charge < -0.3 is 9.15 Å². The number of rotatable bonds is 3. The minimum atomic E-state index is -0.809. The monoisotopic (exact) mass is 352 g/mol. The van der Waals surface area contributed by atoms with Gasteiger partial charge in [-0.3, -0.25) is 20.4 Å². The number of hydrogen-bond acceptors (Lipinski definition) is 5. The molecule has 0 bridgehead atoms. The first-order chi connectivity index (χ1) is 12.5. The van der Waals surface area contributed by atoms with Crippen molar-refractivity contribution in [2.45, 2.75) is 6.92 Å². The Balaban J connectivity index is 1.84. The summed E-state index contributed by atoms with van der Waals surface area (Å²) < 4.78 is 10.4. The van der Waals surface area contributed by atoms with E-state index in [2.05, 4.69) is 10.9 Å². The minimum absolute atomic E-state index is 0.209. The maximum atomic E-state index is 12.3. The average molecular weight is 352 g/mol. The third-order valence-electron chi connectivity index (χ3n) is 3.84. The molecule has 3 aromatic rings. The fourth-order valence-electron chi connectivity index (χ4n) is 2.48. The number of carbonyl (C=O) groups is 2. The lowest BCUT2D eigenvalue weighted by Gasteiger charge is -2.09. The Kier molecular flexibility index (Phi) is 4.70. The van der Waals surface area contributed by atoms with E-state index in [0.29, 0.717) is 22.3 Å². The zero-order valence-corrected chi connectivity index (χ0v) is 14.2. The summed E-state index contributed by atoms with van der Waals surface area (Å²) >= 11 is 0. The number of fused-ring (bicyclic) bond motifs is 1. The number of carbonyl (C=O) groups excluding carboxylic acids is 2. The molecule has 7 nitrogen and oxygen atoms in total. The Labute approximate surface area is 148 Å². The SMILES string of the molecule is COc1cc(C)c2cc(C(=O)NNC(=O)c3ccccc3)c(=O)oc2c1. The Morgan fingerprint density at radius 2 is 1.69 bits per heavy atom. The van der Waals surface area contributed by atoms with Gasteiger partial charge in [-0.1, -0.05) is 18.2 Å². The molecule has 2 N–H and O–H groups in total. The van der Waals surface area contributed by atoms with E-state index in [9.17, 15) is 14.4 Å². The van der Waals surface area contributed by atoms with E-state index in [1.165, 1.54) is 13.2 Å². The highest BCUT2D eigenvalue weighted by Crippen LogP contribution is 2.24. The Morgan fingerprint density at radius 3 is 2.38 bits per heavy atom. The lowest BCUT2D eigenvalue weighted by atomic mass is 10.1. The number of hydrazine groups is 1. The van der Waals surface area contributed by atoms with Crippen molar-refractivity contribution in [2.24, 2.45) is 0 Å². The number of ether oxygens (including phenoxy) is 1. The molecule has 0 radical (unpaired) electrons. The molecule has 0 aliphatic heterocycles. The summed E-state index contributed by atoms with van der Waals surface area (Å²) in [6.07, 6.45) is 0. The van der Waals surface area contributed by atoms with Gasteiger partial charge >= 0.3 is 5.63 Å². The molecule has 2 aromatic carbocycles. The molecule has 0 fully saturated rings. The summed E-state index contributed by atoms with van der Waals surface area (Å²) in [4.78, 5) is 36.3. The van der Waals surface area contributed by atoms with Crippen molar-refractivity contribution in [1.29, 1.82) is 0 Å². The van der Waals surface area contributed by atoms with Crippen molar-refractivity contribution >= 4 is 22.8 Å². The number of aryl methyl sites for hydroxylation is 1. The van der Waals surface area contributed by atoms with E-state index in [4.69, 9.17) is 9.15 Å². The van der Waals surface area contributed by atoms with Gasteiger partial charge in [0.25, 0.3) is 11.8 Å². The molecular weight excluding hydrogens is 336 g/mol. The van der Waals surface area contributed by atoms with Gasteiger partial charge in [0, 0.05) is 17.0 Å². The van der Waals surface area contributed by atoms with Crippen LogP contribution >= 0.6 is 0 Å². The number of amides is 2. The number of benzene rings is 2. The van der Waals surface area contributed by atoms with Gasteiger partial charge in [-0.2, -0.15) is 0 Å². The number of nitrogens with one attached hydrogen (secondary N) is 2. The Hall–Kier alpha value is -3.61. The van der Waals surface area contributed by atoms with Crippen LogP contribution in [0.5, 0.6) is 5.75 Å². The van der Waals surface area contributed by atoms with Crippen LogP contribution in [0.2, 0.25) is 0 Å². The smallest absolute Gasteiger partial charge is 0.349 e. The normalized spacial score (nSPS) is 10.4. The first-order valence-electron chi connectivity index (χ1n) is 7.78.